The van der Waals surface area contributed by atoms with Gasteiger partial charge in [0.2, 0.25) is 0 Å². The van der Waals surface area contributed by atoms with Gasteiger partial charge in [0, 0.05) is 6.61 Å². The van der Waals surface area contributed by atoms with Crippen molar-refractivity contribution < 1.29 is 19.4 Å². The number of ketones is 1. The third-order valence-electron chi connectivity index (χ3n) is 2.48. The van der Waals surface area contributed by atoms with Crippen LogP contribution in [0.4, 0.5) is 4.79 Å². The monoisotopic (exact) mass is 329 g/mol. The standard InChI is InChI=1S/C13H16BrNO4/c14-8-12(16)11(15-13(17)18)6-7-19-9-10-4-2-1-3-5-10/h1-5,11,15H,6-9H2,(H,17,18). The van der Waals surface area contributed by atoms with E-state index in [2.05, 4.69) is 21.2 Å². The van der Waals surface area contributed by atoms with E-state index in [0.717, 1.165) is 5.56 Å². The van der Waals surface area contributed by atoms with Crippen molar-refractivity contribution in [3.05, 3.63) is 35.9 Å². The van der Waals surface area contributed by atoms with Crippen molar-refractivity contribution in [3.8, 4) is 0 Å². The molecule has 6 heteroatoms. The van der Waals surface area contributed by atoms with E-state index >= 15 is 0 Å². The first-order valence-electron chi connectivity index (χ1n) is 5.83. The molecule has 1 aromatic carbocycles. The largest absolute Gasteiger partial charge is 0.465 e. The van der Waals surface area contributed by atoms with Crippen LogP contribution in [0.2, 0.25) is 0 Å². The molecule has 1 aromatic rings. The molecule has 1 atom stereocenters. The Morgan fingerprint density at radius 1 is 1.32 bits per heavy atom. The van der Waals surface area contributed by atoms with Gasteiger partial charge in [0.25, 0.3) is 0 Å². The highest BCUT2D eigenvalue weighted by atomic mass is 79.9. The van der Waals surface area contributed by atoms with Crippen LogP contribution in [0.3, 0.4) is 0 Å². The number of benzene rings is 1. The van der Waals surface area contributed by atoms with Crippen molar-refractivity contribution in [2.75, 3.05) is 11.9 Å². The molecule has 0 aliphatic carbocycles. The lowest BCUT2D eigenvalue weighted by atomic mass is 10.1. The highest BCUT2D eigenvalue weighted by molar-refractivity contribution is 9.09. The first kappa shape index (κ1) is 15.7. The lowest BCUT2D eigenvalue weighted by molar-refractivity contribution is -0.118. The molecule has 0 fully saturated rings. The molecule has 2 N–H and O–H groups in total. The zero-order chi connectivity index (χ0) is 14.1. The van der Waals surface area contributed by atoms with E-state index in [1.54, 1.807) is 0 Å². The van der Waals surface area contributed by atoms with Gasteiger partial charge in [-0.25, -0.2) is 4.79 Å². The molecule has 0 aromatic heterocycles. The van der Waals surface area contributed by atoms with Gasteiger partial charge in [-0.3, -0.25) is 4.79 Å². The van der Waals surface area contributed by atoms with Crippen LogP contribution >= 0.6 is 15.9 Å². The van der Waals surface area contributed by atoms with Crippen LogP contribution in [0.15, 0.2) is 30.3 Å². The summed E-state index contributed by atoms with van der Waals surface area (Å²) in [6.07, 6.45) is -0.883. The van der Waals surface area contributed by atoms with E-state index in [0.29, 0.717) is 19.6 Å². The van der Waals surface area contributed by atoms with Gasteiger partial charge in [-0.05, 0) is 12.0 Å². The lowest BCUT2D eigenvalue weighted by Crippen LogP contribution is -2.41. The van der Waals surface area contributed by atoms with Gasteiger partial charge in [-0.1, -0.05) is 46.3 Å². The number of carbonyl (C=O) groups is 2. The van der Waals surface area contributed by atoms with Crippen LogP contribution in [0.1, 0.15) is 12.0 Å². The number of amides is 1. The molecule has 0 saturated carbocycles. The Labute approximate surface area is 120 Å². The molecule has 5 nitrogen and oxygen atoms in total. The summed E-state index contributed by atoms with van der Waals surface area (Å²) in [5.41, 5.74) is 1.04. The van der Waals surface area contributed by atoms with E-state index in [-0.39, 0.29) is 11.1 Å². The van der Waals surface area contributed by atoms with Gasteiger partial charge in [-0.2, -0.15) is 0 Å². The summed E-state index contributed by atoms with van der Waals surface area (Å²) in [7, 11) is 0. The number of halogens is 1. The number of hydrogen-bond acceptors (Lipinski definition) is 3. The van der Waals surface area contributed by atoms with Crippen molar-refractivity contribution in [1.29, 1.82) is 0 Å². The smallest absolute Gasteiger partial charge is 0.405 e. The molecule has 0 spiro atoms. The van der Waals surface area contributed by atoms with Crippen molar-refractivity contribution in [3.63, 3.8) is 0 Å². The number of rotatable bonds is 8. The van der Waals surface area contributed by atoms with Crippen LogP contribution in [-0.2, 0) is 16.1 Å². The third-order valence-corrected chi connectivity index (χ3v) is 3.03. The number of Topliss-reactive ketones (excluding diaryl/α,β-unsaturated/α-hetero) is 1. The number of carbonyl (C=O) groups excluding carboxylic acids is 1. The molecule has 104 valence electrons. The van der Waals surface area contributed by atoms with Gasteiger partial charge in [0.05, 0.1) is 18.0 Å². The summed E-state index contributed by atoms with van der Waals surface area (Å²) in [6.45, 7) is 0.766. The number of hydrogen-bond donors (Lipinski definition) is 2. The van der Waals surface area contributed by atoms with Crippen LogP contribution < -0.4 is 5.32 Å². The van der Waals surface area contributed by atoms with Crippen molar-refractivity contribution in [2.24, 2.45) is 0 Å². The predicted molar refractivity (Wildman–Crippen MR) is 74.5 cm³/mol. The lowest BCUT2D eigenvalue weighted by Gasteiger charge is -2.14. The molecular weight excluding hydrogens is 314 g/mol. The number of nitrogens with one attached hydrogen (secondary N) is 1. The Morgan fingerprint density at radius 3 is 2.58 bits per heavy atom. The molecule has 0 aliphatic heterocycles. The molecule has 0 aliphatic rings. The van der Waals surface area contributed by atoms with Gasteiger partial charge < -0.3 is 15.2 Å². The SMILES string of the molecule is O=C(O)NC(CCOCc1ccccc1)C(=O)CBr. The van der Waals surface area contributed by atoms with Crippen molar-refractivity contribution in [1.82, 2.24) is 5.32 Å². The highest BCUT2D eigenvalue weighted by Crippen LogP contribution is 2.03. The summed E-state index contributed by atoms with van der Waals surface area (Å²) >= 11 is 3.03. The molecule has 0 bridgehead atoms. The maximum atomic E-state index is 11.5. The third kappa shape index (κ3) is 6.35. The summed E-state index contributed by atoms with van der Waals surface area (Å²) in [6, 6.07) is 8.91. The van der Waals surface area contributed by atoms with Gasteiger partial charge in [0.15, 0.2) is 5.78 Å². The summed E-state index contributed by atoms with van der Waals surface area (Å²) < 4.78 is 5.43. The van der Waals surface area contributed by atoms with Gasteiger partial charge >= 0.3 is 6.09 Å². The molecule has 1 amide bonds. The van der Waals surface area contributed by atoms with Gasteiger partial charge in [-0.15, -0.1) is 0 Å². The fourth-order valence-corrected chi connectivity index (χ4v) is 1.91. The first-order chi connectivity index (χ1) is 9.13. The summed E-state index contributed by atoms with van der Waals surface area (Å²) in [4.78, 5) is 22.0. The fourth-order valence-electron chi connectivity index (χ4n) is 1.52. The molecule has 0 heterocycles. The number of alkyl halides is 1. The Kier molecular flexibility index (Phi) is 7.14. The second-order valence-electron chi connectivity index (χ2n) is 3.93. The van der Waals surface area contributed by atoms with E-state index in [1.807, 2.05) is 30.3 Å². The average Bonchev–Trinajstić information content (AvgIpc) is 2.42. The van der Waals surface area contributed by atoms with Crippen molar-refractivity contribution in [2.45, 2.75) is 19.1 Å². The molecule has 1 rings (SSSR count). The zero-order valence-corrected chi connectivity index (χ0v) is 11.9. The molecular formula is C13H16BrNO4. The highest BCUT2D eigenvalue weighted by Gasteiger charge is 2.18. The second kappa shape index (κ2) is 8.66. The predicted octanol–water partition coefficient (Wildman–Crippen LogP) is 2.19. The minimum absolute atomic E-state index is 0.122. The van der Waals surface area contributed by atoms with Crippen LogP contribution in [-0.4, -0.2) is 35.0 Å². The molecule has 0 saturated heterocycles. The Balaban J connectivity index is 2.32. The van der Waals surface area contributed by atoms with E-state index in [4.69, 9.17) is 9.84 Å². The van der Waals surface area contributed by atoms with Crippen LogP contribution in [0.5, 0.6) is 0 Å². The van der Waals surface area contributed by atoms with Gasteiger partial charge in [0.1, 0.15) is 0 Å². The Hall–Kier alpha value is -1.40. The van der Waals surface area contributed by atoms with E-state index < -0.39 is 12.1 Å². The second-order valence-corrected chi connectivity index (χ2v) is 4.49. The first-order valence-corrected chi connectivity index (χ1v) is 6.95. The Morgan fingerprint density at radius 2 is 2.00 bits per heavy atom. The average molecular weight is 330 g/mol. The number of ether oxygens (including phenoxy) is 1. The maximum Gasteiger partial charge on any atom is 0.405 e. The maximum absolute atomic E-state index is 11.5. The fraction of sp³-hybridized carbons (Fsp3) is 0.385. The molecule has 1 unspecified atom stereocenters. The minimum atomic E-state index is -1.21. The molecule has 19 heavy (non-hydrogen) atoms. The molecule has 0 radical (unpaired) electrons. The Bertz CT molecular complexity index is 410. The quantitative estimate of drug-likeness (QED) is 0.566. The summed E-state index contributed by atoms with van der Waals surface area (Å²) in [5, 5.41) is 11.0. The number of carboxylic acid groups (broad SMARTS) is 1. The normalized spacial score (nSPS) is 11.8. The topological polar surface area (TPSA) is 75.6 Å². The van der Waals surface area contributed by atoms with Crippen LogP contribution in [0.25, 0.3) is 0 Å². The van der Waals surface area contributed by atoms with E-state index in [9.17, 15) is 9.59 Å². The van der Waals surface area contributed by atoms with E-state index in [1.165, 1.54) is 0 Å². The van der Waals surface area contributed by atoms with Crippen LogP contribution in [0, 0.1) is 0 Å². The summed E-state index contributed by atoms with van der Waals surface area (Å²) in [5.74, 6) is -0.203. The zero-order valence-electron chi connectivity index (χ0n) is 10.3. The van der Waals surface area contributed by atoms with Crippen molar-refractivity contribution >= 4 is 27.8 Å². The minimum Gasteiger partial charge on any atom is -0.465 e.